The standard InChI is InChI=1S/C13H17BN2O6/c1-7-5-9(17)15(12(7)20)4-2-3-11(19)22-16-10(18)6-8(14)13(16)21/h7-8H,2-6,14H2,1H3. The van der Waals surface area contributed by atoms with Gasteiger partial charge in [0, 0.05) is 37.5 Å². The largest absolute Gasteiger partial charge is 0.333 e. The fourth-order valence-electron chi connectivity index (χ4n) is 2.46. The zero-order chi connectivity index (χ0) is 16.4. The van der Waals surface area contributed by atoms with Gasteiger partial charge >= 0.3 is 5.97 Å². The predicted molar refractivity (Wildman–Crippen MR) is 74.6 cm³/mol. The van der Waals surface area contributed by atoms with Gasteiger partial charge in [-0.1, -0.05) is 6.92 Å². The third-order valence-corrected chi connectivity index (χ3v) is 3.75. The normalized spacial score (nSPS) is 25.3. The van der Waals surface area contributed by atoms with Crippen LogP contribution in [0.2, 0.25) is 5.82 Å². The Bertz CT molecular complexity index is 549. The second-order valence-corrected chi connectivity index (χ2v) is 5.69. The molecule has 9 heteroatoms. The Hall–Kier alpha value is -2.19. The molecule has 2 rings (SSSR count). The van der Waals surface area contributed by atoms with Crippen LogP contribution in [-0.4, -0.2) is 54.0 Å². The van der Waals surface area contributed by atoms with E-state index in [2.05, 4.69) is 0 Å². The first kappa shape index (κ1) is 16.2. The third kappa shape index (κ3) is 3.18. The molecule has 22 heavy (non-hydrogen) atoms. The van der Waals surface area contributed by atoms with Gasteiger partial charge in [-0.25, -0.2) is 4.79 Å². The minimum atomic E-state index is -0.733. The second-order valence-electron chi connectivity index (χ2n) is 5.69. The summed E-state index contributed by atoms with van der Waals surface area (Å²) in [6, 6.07) is 0. The van der Waals surface area contributed by atoms with Gasteiger partial charge in [-0.15, -0.1) is 5.06 Å². The van der Waals surface area contributed by atoms with E-state index in [-0.39, 0.29) is 50.0 Å². The lowest BCUT2D eigenvalue weighted by Gasteiger charge is -2.15. The molecule has 4 amide bonds. The van der Waals surface area contributed by atoms with Gasteiger partial charge < -0.3 is 4.84 Å². The molecule has 2 atom stereocenters. The van der Waals surface area contributed by atoms with Crippen molar-refractivity contribution in [1.82, 2.24) is 9.96 Å². The summed E-state index contributed by atoms with van der Waals surface area (Å²) in [5, 5.41) is 0.501. The highest BCUT2D eigenvalue weighted by Gasteiger charge is 2.39. The molecule has 2 fully saturated rings. The minimum absolute atomic E-state index is 0.0286. The number of amides is 4. The van der Waals surface area contributed by atoms with Crippen LogP contribution in [-0.2, 0) is 28.8 Å². The van der Waals surface area contributed by atoms with E-state index in [4.69, 9.17) is 4.84 Å². The smallest absolute Gasteiger partial charge is 0.330 e. The van der Waals surface area contributed by atoms with Gasteiger partial charge in [0.15, 0.2) is 0 Å². The Morgan fingerprint density at radius 2 is 1.86 bits per heavy atom. The number of hydroxylamine groups is 2. The highest BCUT2D eigenvalue weighted by atomic mass is 16.7. The molecule has 118 valence electrons. The highest BCUT2D eigenvalue weighted by Crippen LogP contribution is 2.22. The Labute approximate surface area is 128 Å². The summed E-state index contributed by atoms with van der Waals surface area (Å²) in [4.78, 5) is 63.8. The maximum atomic E-state index is 11.7. The van der Waals surface area contributed by atoms with Crippen LogP contribution in [0, 0.1) is 5.92 Å². The van der Waals surface area contributed by atoms with Crippen molar-refractivity contribution in [1.29, 1.82) is 0 Å². The van der Waals surface area contributed by atoms with Crippen molar-refractivity contribution in [3.8, 4) is 0 Å². The van der Waals surface area contributed by atoms with Crippen molar-refractivity contribution in [3.63, 3.8) is 0 Å². The Kier molecular flexibility index (Phi) is 4.63. The molecule has 2 saturated heterocycles. The van der Waals surface area contributed by atoms with Gasteiger partial charge in [0.1, 0.15) is 7.85 Å². The molecule has 2 aliphatic rings. The molecule has 0 spiro atoms. The SMILES string of the molecule is BC1CC(=O)N(OC(=O)CCCN2C(=O)CC(C)C2=O)C1=O. The van der Waals surface area contributed by atoms with Crippen LogP contribution in [0.15, 0.2) is 0 Å². The molecule has 0 radical (unpaired) electrons. The lowest BCUT2D eigenvalue weighted by Crippen LogP contribution is -2.34. The van der Waals surface area contributed by atoms with Crippen LogP contribution in [0.5, 0.6) is 0 Å². The average molecular weight is 308 g/mol. The summed E-state index contributed by atoms with van der Waals surface area (Å²) in [5.74, 6) is -3.09. The van der Waals surface area contributed by atoms with E-state index < -0.39 is 23.6 Å². The lowest BCUT2D eigenvalue weighted by molar-refractivity contribution is -0.197. The van der Waals surface area contributed by atoms with Crippen molar-refractivity contribution in [2.45, 2.75) is 38.4 Å². The molecule has 0 aromatic carbocycles. The molecule has 8 nitrogen and oxygen atoms in total. The molecule has 2 heterocycles. The van der Waals surface area contributed by atoms with Crippen LogP contribution in [0.1, 0.15) is 32.6 Å². The first-order valence-corrected chi connectivity index (χ1v) is 7.23. The number of imide groups is 2. The van der Waals surface area contributed by atoms with Gasteiger partial charge in [0.25, 0.3) is 11.8 Å². The van der Waals surface area contributed by atoms with E-state index in [0.29, 0.717) is 5.06 Å². The van der Waals surface area contributed by atoms with Crippen molar-refractivity contribution >= 4 is 37.4 Å². The Morgan fingerprint density at radius 1 is 1.18 bits per heavy atom. The van der Waals surface area contributed by atoms with E-state index in [0.717, 1.165) is 4.90 Å². The Balaban J connectivity index is 1.77. The molecule has 0 saturated carbocycles. The summed E-state index contributed by atoms with van der Waals surface area (Å²) in [5.41, 5.74) is 0. The number of nitrogens with zero attached hydrogens (tertiary/aromatic N) is 2. The summed E-state index contributed by atoms with van der Waals surface area (Å²) in [6.45, 7) is 1.82. The summed E-state index contributed by atoms with van der Waals surface area (Å²) in [7, 11) is 1.58. The number of rotatable bonds is 5. The van der Waals surface area contributed by atoms with Crippen LogP contribution < -0.4 is 0 Å². The highest BCUT2D eigenvalue weighted by molar-refractivity contribution is 6.29. The second kappa shape index (κ2) is 6.29. The van der Waals surface area contributed by atoms with E-state index in [9.17, 15) is 24.0 Å². The molecule has 0 aliphatic carbocycles. The van der Waals surface area contributed by atoms with Crippen molar-refractivity contribution in [2.75, 3.05) is 6.54 Å². The van der Waals surface area contributed by atoms with Crippen molar-refractivity contribution in [3.05, 3.63) is 0 Å². The maximum absolute atomic E-state index is 11.7. The van der Waals surface area contributed by atoms with Gasteiger partial charge in [-0.2, -0.15) is 0 Å². The quantitative estimate of drug-likeness (QED) is 0.467. The van der Waals surface area contributed by atoms with Crippen molar-refractivity contribution < 1.29 is 28.8 Å². The average Bonchev–Trinajstić information content (AvgIpc) is 2.82. The molecule has 0 aromatic rings. The minimum Gasteiger partial charge on any atom is -0.330 e. The maximum Gasteiger partial charge on any atom is 0.333 e. The van der Waals surface area contributed by atoms with Gasteiger partial charge in [0.2, 0.25) is 11.8 Å². The number of carbonyl (C=O) groups is 5. The molecule has 0 N–H and O–H groups in total. The molecule has 2 unspecified atom stereocenters. The monoisotopic (exact) mass is 308 g/mol. The molecule has 2 aliphatic heterocycles. The fourth-order valence-corrected chi connectivity index (χ4v) is 2.46. The van der Waals surface area contributed by atoms with E-state index in [1.165, 1.54) is 0 Å². The Morgan fingerprint density at radius 3 is 2.36 bits per heavy atom. The number of hydrogen-bond donors (Lipinski definition) is 0. The van der Waals surface area contributed by atoms with E-state index in [1.807, 2.05) is 0 Å². The third-order valence-electron chi connectivity index (χ3n) is 3.75. The predicted octanol–water partition coefficient (Wildman–Crippen LogP) is -1.20. The molecule has 0 bridgehead atoms. The number of hydrogen-bond acceptors (Lipinski definition) is 6. The van der Waals surface area contributed by atoms with Crippen LogP contribution in [0.4, 0.5) is 0 Å². The summed E-state index contributed by atoms with van der Waals surface area (Å²) in [6.07, 6.45) is 0.365. The zero-order valence-corrected chi connectivity index (χ0v) is 12.5. The zero-order valence-electron chi connectivity index (χ0n) is 12.5. The topological polar surface area (TPSA) is 101 Å². The van der Waals surface area contributed by atoms with Gasteiger partial charge in [0.05, 0.1) is 0 Å². The lowest BCUT2D eigenvalue weighted by atomic mass is 9.86. The first-order chi connectivity index (χ1) is 10.3. The van der Waals surface area contributed by atoms with Crippen LogP contribution >= 0.6 is 0 Å². The van der Waals surface area contributed by atoms with Gasteiger partial charge in [-0.05, 0) is 6.42 Å². The van der Waals surface area contributed by atoms with E-state index in [1.54, 1.807) is 14.8 Å². The number of likely N-dealkylation sites (tertiary alicyclic amines) is 1. The van der Waals surface area contributed by atoms with E-state index >= 15 is 0 Å². The van der Waals surface area contributed by atoms with Crippen LogP contribution in [0.3, 0.4) is 0 Å². The van der Waals surface area contributed by atoms with Gasteiger partial charge in [-0.3, -0.25) is 24.1 Å². The summed E-state index contributed by atoms with van der Waals surface area (Å²) >= 11 is 0. The molecular weight excluding hydrogens is 291 g/mol. The summed E-state index contributed by atoms with van der Waals surface area (Å²) < 4.78 is 0. The molecule has 0 aromatic heterocycles. The van der Waals surface area contributed by atoms with Crippen LogP contribution in [0.25, 0.3) is 0 Å². The van der Waals surface area contributed by atoms with Crippen molar-refractivity contribution in [2.24, 2.45) is 5.92 Å². The molecular formula is C13H17BN2O6. The number of carbonyl (C=O) groups excluding carboxylic acids is 5. The first-order valence-electron chi connectivity index (χ1n) is 7.23. The fraction of sp³-hybridized carbons (Fsp3) is 0.615.